The molecule has 0 fully saturated rings. The first-order chi connectivity index (χ1) is 10.1. The Morgan fingerprint density at radius 2 is 2.00 bits per heavy atom. The van der Waals surface area contributed by atoms with Crippen LogP contribution in [0.15, 0.2) is 24.3 Å². The van der Waals surface area contributed by atoms with Crippen molar-refractivity contribution in [3.63, 3.8) is 0 Å². The number of nitrogens with one attached hydrogen (secondary N) is 1. The van der Waals surface area contributed by atoms with Crippen LogP contribution in [0.1, 0.15) is 32.3 Å². The number of ether oxygens (including phenoxy) is 1. The molecule has 23 heavy (non-hydrogen) atoms. The standard InChI is InChI=1S/C15H21F3N2O2.ClH/c1-3-7-14(2,19)13(21)20-9-11-5-4-6-12(8-11)22-10-15(16,17)18;/h4-6,8H,3,7,9-10,19H2,1-2H3,(H,20,21);1H. The Hall–Kier alpha value is -1.47. The van der Waals surface area contributed by atoms with Gasteiger partial charge in [-0.3, -0.25) is 4.79 Å². The van der Waals surface area contributed by atoms with Gasteiger partial charge in [0.05, 0.1) is 5.54 Å². The highest BCUT2D eigenvalue weighted by atomic mass is 35.5. The molecule has 132 valence electrons. The summed E-state index contributed by atoms with van der Waals surface area (Å²) in [6.45, 7) is 2.41. The number of rotatable bonds is 7. The SMILES string of the molecule is CCCC(C)(N)C(=O)NCc1cccc(OCC(F)(F)F)c1.Cl. The lowest BCUT2D eigenvalue weighted by molar-refractivity contribution is -0.153. The number of hydrogen-bond acceptors (Lipinski definition) is 3. The van der Waals surface area contributed by atoms with Gasteiger partial charge in [0.25, 0.3) is 0 Å². The van der Waals surface area contributed by atoms with E-state index in [1.807, 2.05) is 6.92 Å². The lowest BCUT2D eigenvalue weighted by atomic mass is 9.96. The lowest BCUT2D eigenvalue weighted by Gasteiger charge is -2.22. The van der Waals surface area contributed by atoms with Crippen molar-refractivity contribution in [2.75, 3.05) is 6.61 Å². The number of benzene rings is 1. The molecule has 0 aromatic heterocycles. The van der Waals surface area contributed by atoms with E-state index in [4.69, 9.17) is 5.73 Å². The molecule has 8 heteroatoms. The highest BCUT2D eigenvalue weighted by molar-refractivity contribution is 5.85. The summed E-state index contributed by atoms with van der Waals surface area (Å²) in [6.07, 6.45) is -3.06. The minimum Gasteiger partial charge on any atom is -0.484 e. The minimum atomic E-state index is -4.38. The largest absolute Gasteiger partial charge is 0.484 e. The second-order valence-corrected chi connectivity index (χ2v) is 5.40. The summed E-state index contributed by atoms with van der Waals surface area (Å²) in [4.78, 5) is 12.0. The van der Waals surface area contributed by atoms with Gasteiger partial charge in [-0.15, -0.1) is 12.4 Å². The van der Waals surface area contributed by atoms with E-state index < -0.39 is 18.3 Å². The molecule has 0 saturated heterocycles. The molecule has 1 unspecified atom stereocenters. The summed E-state index contributed by atoms with van der Waals surface area (Å²) < 4.78 is 41.0. The Labute approximate surface area is 140 Å². The van der Waals surface area contributed by atoms with Gasteiger partial charge in [-0.25, -0.2) is 0 Å². The van der Waals surface area contributed by atoms with Crippen molar-refractivity contribution in [1.29, 1.82) is 0 Å². The van der Waals surface area contributed by atoms with E-state index in [1.54, 1.807) is 19.1 Å². The molecule has 0 bridgehead atoms. The van der Waals surface area contributed by atoms with E-state index in [2.05, 4.69) is 10.1 Å². The smallest absolute Gasteiger partial charge is 0.422 e. The molecule has 0 aliphatic heterocycles. The number of carbonyl (C=O) groups is 1. The maximum atomic E-state index is 12.1. The molecule has 1 amide bonds. The van der Waals surface area contributed by atoms with Crippen LogP contribution in [-0.4, -0.2) is 24.2 Å². The number of carbonyl (C=O) groups excluding carboxylic acids is 1. The second-order valence-electron chi connectivity index (χ2n) is 5.40. The van der Waals surface area contributed by atoms with Crippen LogP contribution in [0.4, 0.5) is 13.2 Å². The molecule has 1 rings (SSSR count). The van der Waals surface area contributed by atoms with Gasteiger partial charge in [0.1, 0.15) is 5.75 Å². The maximum absolute atomic E-state index is 12.1. The fourth-order valence-corrected chi connectivity index (χ4v) is 1.93. The van der Waals surface area contributed by atoms with Gasteiger partial charge in [-0.2, -0.15) is 13.2 Å². The molecule has 1 aromatic rings. The molecule has 1 aromatic carbocycles. The minimum absolute atomic E-state index is 0. The van der Waals surface area contributed by atoms with Gasteiger partial charge < -0.3 is 15.8 Å². The first-order valence-corrected chi connectivity index (χ1v) is 7.00. The quantitative estimate of drug-likeness (QED) is 0.790. The van der Waals surface area contributed by atoms with Crippen LogP contribution in [0.25, 0.3) is 0 Å². The van der Waals surface area contributed by atoms with Gasteiger partial charge in [0.2, 0.25) is 5.91 Å². The first-order valence-electron chi connectivity index (χ1n) is 7.00. The van der Waals surface area contributed by atoms with Gasteiger partial charge in [0, 0.05) is 6.54 Å². The van der Waals surface area contributed by atoms with Crippen molar-refractivity contribution in [2.24, 2.45) is 5.73 Å². The molecule has 0 spiro atoms. The lowest BCUT2D eigenvalue weighted by Crippen LogP contribution is -2.51. The number of alkyl halides is 3. The van der Waals surface area contributed by atoms with Crippen molar-refractivity contribution in [1.82, 2.24) is 5.32 Å². The van der Waals surface area contributed by atoms with Crippen LogP contribution >= 0.6 is 12.4 Å². The Morgan fingerprint density at radius 1 is 1.35 bits per heavy atom. The Morgan fingerprint density at radius 3 is 2.57 bits per heavy atom. The maximum Gasteiger partial charge on any atom is 0.422 e. The summed E-state index contributed by atoms with van der Waals surface area (Å²) in [5, 5.41) is 2.68. The zero-order valence-electron chi connectivity index (χ0n) is 13.1. The van der Waals surface area contributed by atoms with Crippen molar-refractivity contribution in [3.05, 3.63) is 29.8 Å². The molecule has 0 aliphatic rings. The summed E-state index contributed by atoms with van der Waals surface area (Å²) >= 11 is 0. The van der Waals surface area contributed by atoms with Gasteiger partial charge in [-0.05, 0) is 31.0 Å². The average Bonchev–Trinajstić information content (AvgIpc) is 2.42. The topological polar surface area (TPSA) is 64.4 Å². The number of hydrogen-bond donors (Lipinski definition) is 2. The van der Waals surface area contributed by atoms with Crippen LogP contribution in [0.3, 0.4) is 0 Å². The summed E-state index contributed by atoms with van der Waals surface area (Å²) in [6, 6.07) is 6.15. The van der Waals surface area contributed by atoms with Crippen molar-refractivity contribution < 1.29 is 22.7 Å². The Bertz CT molecular complexity index is 508. The fourth-order valence-electron chi connectivity index (χ4n) is 1.93. The fraction of sp³-hybridized carbons (Fsp3) is 0.533. The van der Waals surface area contributed by atoms with Gasteiger partial charge in [-0.1, -0.05) is 25.5 Å². The molecule has 0 aliphatic carbocycles. The predicted octanol–water partition coefficient (Wildman–Crippen LogP) is 3.18. The van der Waals surface area contributed by atoms with E-state index in [-0.39, 0.29) is 30.6 Å². The Kier molecular flexibility index (Phi) is 8.41. The highest BCUT2D eigenvalue weighted by Gasteiger charge is 2.28. The van der Waals surface area contributed by atoms with Crippen LogP contribution in [-0.2, 0) is 11.3 Å². The zero-order chi connectivity index (χ0) is 16.8. The second kappa shape index (κ2) is 8.98. The number of nitrogens with two attached hydrogens (primary N) is 1. The first kappa shape index (κ1) is 21.5. The highest BCUT2D eigenvalue weighted by Crippen LogP contribution is 2.19. The van der Waals surface area contributed by atoms with Crippen LogP contribution in [0, 0.1) is 0 Å². The normalized spacial score (nSPS) is 13.7. The molecule has 4 nitrogen and oxygen atoms in total. The molecular formula is C15H22ClF3N2O2. The third-order valence-electron chi connectivity index (χ3n) is 3.04. The van der Waals surface area contributed by atoms with Crippen LogP contribution in [0.2, 0.25) is 0 Å². The summed E-state index contributed by atoms with van der Waals surface area (Å²) in [5.41, 5.74) is 5.58. The third kappa shape index (κ3) is 8.08. The van der Waals surface area contributed by atoms with E-state index in [9.17, 15) is 18.0 Å². The molecule has 0 radical (unpaired) electrons. The number of halogens is 4. The van der Waals surface area contributed by atoms with E-state index >= 15 is 0 Å². The number of amides is 1. The zero-order valence-corrected chi connectivity index (χ0v) is 13.9. The Balaban J connectivity index is 0.00000484. The molecular weight excluding hydrogens is 333 g/mol. The summed E-state index contributed by atoms with van der Waals surface area (Å²) in [5.74, 6) is -0.191. The molecule has 0 heterocycles. The third-order valence-corrected chi connectivity index (χ3v) is 3.04. The van der Waals surface area contributed by atoms with Gasteiger partial charge >= 0.3 is 6.18 Å². The van der Waals surface area contributed by atoms with Crippen molar-refractivity contribution >= 4 is 18.3 Å². The average molecular weight is 355 g/mol. The predicted molar refractivity (Wildman–Crippen MR) is 84.6 cm³/mol. The molecule has 1 atom stereocenters. The van der Waals surface area contributed by atoms with E-state index in [0.29, 0.717) is 12.0 Å². The monoisotopic (exact) mass is 354 g/mol. The van der Waals surface area contributed by atoms with Gasteiger partial charge in [0.15, 0.2) is 6.61 Å². The van der Waals surface area contributed by atoms with Crippen molar-refractivity contribution in [3.8, 4) is 5.75 Å². The van der Waals surface area contributed by atoms with E-state index in [0.717, 1.165) is 6.42 Å². The molecule has 0 saturated carbocycles. The van der Waals surface area contributed by atoms with E-state index in [1.165, 1.54) is 12.1 Å². The van der Waals surface area contributed by atoms with Crippen LogP contribution < -0.4 is 15.8 Å². The van der Waals surface area contributed by atoms with Crippen LogP contribution in [0.5, 0.6) is 5.75 Å². The summed E-state index contributed by atoms with van der Waals surface area (Å²) in [7, 11) is 0. The molecule has 3 N–H and O–H groups in total. The van der Waals surface area contributed by atoms with Crippen molar-refractivity contribution in [2.45, 2.75) is 44.9 Å².